The standard InChI is InChI=1S/C23H17BrFN3OS/c24-21-11-8-19(25)12-18(21)14-29-20-9-6-16(7-10-20)13-26-28-23-27-22(15-30-23)17-4-2-1-3-5-17/h1-13,15H,14H2,(H,27,28). The van der Waals surface area contributed by atoms with E-state index in [0.717, 1.165) is 32.0 Å². The summed E-state index contributed by atoms with van der Waals surface area (Å²) in [6.45, 7) is 0.279. The summed E-state index contributed by atoms with van der Waals surface area (Å²) >= 11 is 4.90. The van der Waals surface area contributed by atoms with Gasteiger partial charge >= 0.3 is 0 Å². The van der Waals surface area contributed by atoms with Gasteiger partial charge < -0.3 is 4.74 Å². The molecule has 30 heavy (non-hydrogen) atoms. The normalized spacial score (nSPS) is 11.0. The lowest BCUT2D eigenvalue weighted by Crippen LogP contribution is -1.97. The SMILES string of the molecule is Fc1ccc(Br)c(COc2ccc(C=NNc3nc(-c4ccccc4)cs3)cc2)c1. The molecule has 4 nitrogen and oxygen atoms in total. The number of hydrogen-bond donors (Lipinski definition) is 1. The van der Waals surface area contributed by atoms with Gasteiger partial charge in [0.05, 0.1) is 11.9 Å². The predicted octanol–water partition coefficient (Wildman–Crippen LogP) is 6.74. The Morgan fingerprint density at radius 1 is 1.07 bits per heavy atom. The van der Waals surface area contributed by atoms with Crippen molar-refractivity contribution in [1.29, 1.82) is 0 Å². The van der Waals surface area contributed by atoms with E-state index in [0.29, 0.717) is 5.75 Å². The molecule has 1 heterocycles. The van der Waals surface area contributed by atoms with E-state index in [1.54, 1.807) is 12.3 Å². The number of halogens is 2. The third-order valence-electron chi connectivity index (χ3n) is 4.23. The number of nitrogens with one attached hydrogen (secondary N) is 1. The Labute approximate surface area is 186 Å². The molecule has 0 aliphatic carbocycles. The van der Waals surface area contributed by atoms with E-state index in [1.165, 1.54) is 23.5 Å². The Morgan fingerprint density at radius 3 is 2.67 bits per heavy atom. The Hall–Kier alpha value is -3.03. The quantitative estimate of drug-likeness (QED) is 0.235. The maximum Gasteiger partial charge on any atom is 0.203 e. The van der Waals surface area contributed by atoms with Gasteiger partial charge in [0, 0.05) is 21.0 Å². The Morgan fingerprint density at radius 2 is 1.87 bits per heavy atom. The molecule has 4 aromatic rings. The Balaban J connectivity index is 1.32. The van der Waals surface area contributed by atoms with Gasteiger partial charge in [0.1, 0.15) is 18.2 Å². The summed E-state index contributed by atoms with van der Waals surface area (Å²) in [4.78, 5) is 4.54. The van der Waals surface area contributed by atoms with E-state index >= 15 is 0 Å². The molecule has 1 N–H and O–H groups in total. The number of ether oxygens (including phenoxy) is 1. The summed E-state index contributed by atoms with van der Waals surface area (Å²) in [7, 11) is 0. The maximum atomic E-state index is 13.4. The van der Waals surface area contributed by atoms with Crippen LogP contribution in [0.5, 0.6) is 5.75 Å². The van der Waals surface area contributed by atoms with Crippen LogP contribution in [0.15, 0.2) is 87.8 Å². The molecule has 0 atom stereocenters. The van der Waals surface area contributed by atoms with Crippen LogP contribution in [0.2, 0.25) is 0 Å². The largest absolute Gasteiger partial charge is 0.489 e. The highest BCUT2D eigenvalue weighted by atomic mass is 79.9. The zero-order valence-corrected chi connectivity index (χ0v) is 18.2. The number of hydrogen-bond acceptors (Lipinski definition) is 5. The lowest BCUT2D eigenvalue weighted by molar-refractivity contribution is 0.305. The van der Waals surface area contributed by atoms with Gasteiger partial charge in [0.2, 0.25) is 5.13 Å². The minimum atomic E-state index is -0.285. The van der Waals surface area contributed by atoms with Crippen molar-refractivity contribution in [1.82, 2.24) is 4.98 Å². The molecule has 0 aliphatic heterocycles. The molecule has 3 aromatic carbocycles. The van der Waals surface area contributed by atoms with E-state index < -0.39 is 0 Å². The topological polar surface area (TPSA) is 46.5 Å². The lowest BCUT2D eigenvalue weighted by Gasteiger charge is -2.08. The average Bonchev–Trinajstić information content (AvgIpc) is 3.25. The van der Waals surface area contributed by atoms with Crippen molar-refractivity contribution in [3.8, 4) is 17.0 Å². The van der Waals surface area contributed by atoms with Crippen molar-refractivity contribution in [2.24, 2.45) is 5.10 Å². The van der Waals surface area contributed by atoms with Crippen LogP contribution in [0.3, 0.4) is 0 Å². The number of hydrazone groups is 1. The van der Waals surface area contributed by atoms with Gasteiger partial charge in [-0.15, -0.1) is 11.3 Å². The Kier molecular flexibility index (Phi) is 6.51. The third kappa shape index (κ3) is 5.31. The van der Waals surface area contributed by atoms with E-state index in [1.807, 2.05) is 60.0 Å². The first-order valence-corrected chi connectivity index (χ1v) is 10.8. The number of anilines is 1. The van der Waals surface area contributed by atoms with E-state index in [-0.39, 0.29) is 12.4 Å². The van der Waals surface area contributed by atoms with Gasteiger partial charge in [-0.3, -0.25) is 5.43 Å². The molecule has 0 aliphatic rings. The maximum absolute atomic E-state index is 13.4. The minimum Gasteiger partial charge on any atom is -0.489 e. The van der Waals surface area contributed by atoms with Crippen molar-refractivity contribution in [3.05, 3.63) is 99.6 Å². The summed E-state index contributed by atoms with van der Waals surface area (Å²) in [5, 5.41) is 6.97. The molecule has 0 radical (unpaired) electrons. The first-order valence-electron chi connectivity index (χ1n) is 9.14. The van der Waals surface area contributed by atoms with Crippen LogP contribution < -0.4 is 10.2 Å². The first-order chi connectivity index (χ1) is 14.7. The molecule has 0 spiro atoms. The number of nitrogens with zero attached hydrogens (tertiary/aromatic N) is 2. The molecule has 0 fully saturated rings. The van der Waals surface area contributed by atoms with Gasteiger partial charge in [0.25, 0.3) is 0 Å². The summed E-state index contributed by atoms with van der Waals surface area (Å²) in [6, 6.07) is 22.1. The summed E-state index contributed by atoms with van der Waals surface area (Å²) in [6.07, 6.45) is 1.72. The molecular weight excluding hydrogens is 465 g/mol. The van der Waals surface area contributed by atoms with Crippen LogP contribution in [0.25, 0.3) is 11.3 Å². The van der Waals surface area contributed by atoms with E-state index in [2.05, 4.69) is 31.4 Å². The highest BCUT2D eigenvalue weighted by Gasteiger charge is 2.04. The van der Waals surface area contributed by atoms with E-state index in [9.17, 15) is 4.39 Å². The van der Waals surface area contributed by atoms with Gasteiger partial charge in [-0.25, -0.2) is 9.37 Å². The Bertz CT molecular complexity index is 1150. The van der Waals surface area contributed by atoms with Crippen LogP contribution in [-0.2, 0) is 6.61 Å². The third-order valence-corrected chi connectivity index (χ3v) is 5.75. The second-order valence-electron chi connectivity index (χ2n) is 6.37. The molecule has 0 bridgehead atoms. The average molecular weight is 482 g/mol. The fourth-order valence-electron chi connectivity index (χ4n) is 2.69. The molecule has 4 rings (SSSR count). The highest BCUT2D eigenvalue weighted by Crippen LogP contribution is 2.24. The van der Waals surface area contributed by atoms with E-state index in [4.69, 9.17) is 4.74 Å². The zero-order valence-electron chi connectivity index (χ0n) is 15.8. The summed E-state index contributed by atoms with van der Waals surface area (Å²) in [5.74, 6) is 0.413. The number of aromatic nitrogens is 1. The molecule has 7 heteroatoms. The number of benzene rings is 3. The van der Waals surface area contributed by atoms with Crippen molar-refractivity contribution in [2.75, 3.05) is 5.43 Å². The molecule has 0 unspecified atom stereocenters. The second-order valence-corrected chi connectivity index (χ2v) is 8.08. The van der Waals surface area contributed by atoms with Gasteiger partial charge in [0.15, 0.2) is 0 Å². The van der Waals surface area contributed by atoms with Gasteiger partial charge in [-0.1, -0.05) is 46.3 Å². The first kappa shape index (κ1) is 20.3. The van der Waals surface area contributed by atoms with Gasteiger partial charge in [-0.2, -0.15) is 5.10 Å². The second kappa shape index (κ2) is 9.65. The van der Waals surface area contributed by atoms with Crippen LogP contribution in [-0.4, -0.2) is 11.2 Å². The molecule has 1 aromatic heterocycles. The fraction of sp³-hybridized carbons (Fsp3) is 0.0435. The zero-order chi connectivity index (χ0) is 20.8. The van der Waals surface area contributed by atoms with Crippen LogP contribution in [0, 0.1) is 5.82 Å². The monoisotopic (exact) mass is 481 g/mol. The van der Waals surface area contributed by atoms with Crippen LogP contribution in [0.4, 0.5) is 9.52 Å². The van der Waals surface area contributed by atoms with Crippen molar-refractivity contribution in [3.63, 3.8) is 0 Å². The molecular formula is C23H17BrFN3OS. The summed E-state index contributed by atoms with van der Waals surface area (Å²) < 4.78 is 19.9. The molecule has 150 valence electrons. The fourth-order valence-corrected chi connectivity index (χ4v) is 3.72. The number of thiazole rings is 1. The summed E-state index contributed by atoms with van der Waals surface area (Å²) in [5.41, 5.74) is 6.63. The van der Waals surface area contributed by atoms with Crippen molar-refractivity contribution >= 4 is 38.6 Å². The lowest BCUT2D eigenvalue weighted by atomic mass is 10.2. The molecule has 0 amide bonds. The van der Waals surface area contributed by atoms with Crippen molar-refractivity contribution < 1.29 is 9.13 Å². The van der Waals surface area contributed by atoms with Crippen LogP contribution in [0.1, 0.15) is 11.1 Å². The predicted molar refractivity (Wildman–Crippen MR) is 124 cm³/mol. The smallest absolute Gasteiger partial charge is 0.203 e. The van der Waals surface area contributed by atoms with Crippen LogP contribution >= 0.6 is 27.3 Å². The van der Waals surface area contributed by atoms with Gasteiger partial charge in [-0.05, 0) is 48.0 Å². The highest BCUT2D eigenvalue weighted by molar-refractivity contribution is 9.10. The molecule has 0 saturated carbocycles. The molecule has 0 saturated heterocycles. The van der Waals surface area contributed by atoms with Crippen molar-refractivity contribution in [2.45, 2.75) is 6.61 Å². The number of rotatable bonds is 7. The minimum absolute atomic E-state index is 0.279.